The number of hydrogen-bond donors (Lipinski definition) is 0. The van der Waals surface area contributed by atoms with Crippen molar-refractivity contribution < 1.29 is 9.53 Å². The normalized spacial score (nSPS) is 10.9. The summed E-state index contributed by atoms with van der Waals surface area (Å²) >= 11 is 0. The van der Waals surface area contributed by atoms with Crippen LogP contribution in [-0.2, 0) is 14.9 Å². The summed E-state index contributed by atoms with van der Waals surface area (Å²) in [5, 5.41) is 0. The highest BCUT2D eigenvalue weighted by Crippen LogP contribution is 2.32. The molecule has 0 amide bonds. The SMILES string of the molecule is C=CCOC(=O)C(CC)(CC)c1ccccc1. The molecule has 1 rings (SSSR count). The van der Waals surface area contributed by atoms with Gasteiger partial charge in [-0.05, 0) is 18.4 Å². The van der Waals surface area contributed by atoms with Crippen LogP contribution in [0.3, 0.4) is 0 Å². The summed E-state index contributed by atoms with van der Waals surface area (Å²) in [6, 6.07) is 9.84. The van der Waals surface area contributed by atoms with Crippen LogP contribution in [0.1, 0.15) is 32.3 Å². The molecule has 0 N–H and O–H groups in total. The maximum atomic E-state index is 12.2. The van der Waals surface area contributed by atoms with Crippen molar-refractivity contribution in [3.8, 4) is 0 Å². The number of carbonyl (C=O) groups excluding carboxylic acids is 1. The predicted octanol–water partition coefficient (Wildman–Crippen LogP) is 3.47. The zero-order chi connectivity index (χ0) is 12.7. The lowest BCUT2D eigenvalue weighted by atomic mass is 9.76. The quantitative estimate of drug-likeness (QED) is 0.554. The fraction of sp³-hybridized carbons (Fsp3) is 0.400. The summed E-state index contributed by atoms with van der Waals surface area (Å²) in [6.07, 6.45) is 3.08. The minimum atomic E-state index is -0.524. The average Bonchev–Trinajstić information content (AvgIpc) is 2.39. The third-order valence-electron chi connectivity index (χ3n) is 3.26. The van der Waals surface area contributed by atoms with Crippen LogP contribution in [0.2, 0.25) is 0 Å². The van der Waals surface area contributed by atoms with Gasteiger partial charge in [-0.3, -0.25) is 4.79 Å². The fourth-order valence-electron chi connectivity index (χ4n) is 2.09. The molecular weight excluding hydrogens is 212 g/mol. The Morgan fingerprint density at radius 3 is 2.35 bits per heavy atom. The summed E-state index contributed by atoms with van der Waals surface area (Å²) in [4.78, 5) is 12.2. The Balaban J connectivity index is 3.04. The molecule has 0 aliphatic carbocycles. The Kier molecular flexibility index (Phi) is 4.95. The molecule has 17 heavy (non-hydrogen) atoms. The van der Waals surface area contributed by atoms with E-state index in [-0.39, 0.29) is 12.6 Å². The highest BCUT2D eigenvalue weighted by Gasteiger charge is 2.38. The molecule has 2 nitrogen and oxygen atoms in total. The molecule has 0 fully saturated rings. The standard InChI is InChI=1S/C15H20O2/c1-4-12-17-14(16)15(5-2,6-3)13-10-8-7-9-11-13/h4,7-11H,1,5-6,12H2,2-3H3. The van der Waals surface area contributed by atoms with E-state index in [9.17, 15) is 4.79 Å². The van der Waals surface area contributed by atoms with Gasteiger partial charge in [0.05, 0.1) is 5.41 Å². The van der Waals surface area contributed by atoms with E-state index in [4.69, 9.17) is 4.74 Å². The van der Waals surface area contributed by atoms with Gasteiger partial charge in [0.2, 0.25) is 0 Å². The van der Waals surface area contributed by atoms with Gasteiger partial charge >= 0.3 is 5.97 Å². The number of benzene rings is 1. The van der Waals surface area contributed by atoms with Crippen LogP contribution < -0.4 is 0 Å². The first kappa shape index (κ1) is 13.5. The van der Waals surface area contributed by atoms with Crippen LogP contribution in [0, 0.1) is 0 Å². The van der Waals surface area contributed by atoms with E-state index >= 15 is 0 Å². The molecule has 0 heterocycles. The molecule has 0 radical (unpaired) electrons. The Labute approximate surface area is 103 Å². The molecule has 0 aliphatic heterocycles. The first-order valence-electron chi connectivity index (χ1n) is 6.05. The Bertz CT molecular complexity index is 364. The molecule has 1 aromatic carbocycles. The highest BCUT2D eigenvalue weighted by molar-refractivity contribution is 5.83. The largest absolute Gasteiger partial charge is 0.461 e. The second-order valence-corrected chi connectivity index (χ2v) is 4.04. The van der Waals surface area contributed by atoms with Gasteiger partial charge < -0.3 is 4.74 Å². The van der Waals surface area contributed by atoms with Crippen LogP contribution in [-0.4, -0.2) is 12.6 Å². The zero-order valence-electron chi connectivity index (χ0n) is 10.6. The third kappa shape index (κ3) is 2.76. The van der Waals surface area contributed by atoms with Crippen LogP contribution in [0.4, 0.5) is 0 Å². The number of hydrogen-bond acceptors (Lipinski definition) is 2. The minimum absolute atomic E-state index is 0.159. The van der Waals surface area contributed by atoms with Gasteiger partial charge in [-0.25, -0.2) is 0 Å². The van der Waals surface area contributed by atoms with Gasteiger partial charge in [-0.1, -0.05) is 56.8 Å². The molecular formula is C15H20O2. The smallest absolute Gasteiger partial charge is 0.316 e. The molecule has 1 aromatic rings. The number of carbonyl (C=O) groups is 1. The van der Waals surface area contributed by atoms with Crippen LogP contribution in [0.25, 0.3) is 0 Å². The van der Waals surface area contributed by atoms with Crippen molar-refractivity contribution in [2.45, 2.75) is 32.1 Å². The van der Waals surface area contributed by atoms with Gasteiger partial charge in [0.25, 0.3) is 0 Å². The van der Waals surface area contributed by atoms with E-state index in [0.717, 1.165) is 18.4 Å². The lowest BCUT2D eigenvalue weighted by molar-refractivity contribution is -0.149. The summed E-state index contributed by atoms with van der Waals surface area (Å²) in [5.74, 6) is -0.159. The lowest BCUT2D eigenvalue weighted by Gasteiger charge is -2.29. The Morgan fingerprint density at radius 1 is 1.29 bits per heavy atom. The molecule has 0 aromatic heterocycles. The molecule has 0 unspecified atom stereocenters. The first-order chi connectivity index (χ1) is 8.21. The summed E-state index contributed by atoms with van der Waals surface area (Å²) in [6.45, 7) is 7.87. The third-order valence-corrected chi connectivity index (χ3v) is 3.26. The molecule has 0 spiro atoms. The maximum Gasteiger partial charge on any atom is 0.316 e. The average molecular weight is 232 g/mol. The molecule has 0 atom stereocenters. The number of ether oxygens (including phenoxy) is 1. The van der Waals surface area contributed by atoms with Crippen molar-refractivity contribution in [1.29, 1.82) is 0 Å². The van der Waals surface area contributed by atoms with E-state index < -0.39 is 5.41 Å². The monoisotopic (exact) mass is 232 g/mol. The number of rotatable bonds is 6. The Hall–Kier alpha value is -1.57. The molecule has 2 heteroatoms. The van der Waals surface area contributed by atoms with Crippen molar-refractivity contribution in [3.63, 3.8) is 0 Å². The van der Waals surface area contributed by atoms with E-state index in [1.54, 1.807) is 6.08 Å². The van der Waals surface area contributed by atoms with Gasteiger partial charge in [0.15, 0.2) is 0 Å². The molecule has 0 bridgehead atoms. The van der Waals surface area contributed by atoms with Crippen molar-refractivity contribution in [2.24, 2.45) is 0 Å². The van der Waals surface area contributed by atoms with Crippen LogP contribution in [0.15, 0.2) is 43.0 Å². The zero-order valence-corrected chi connectivity index (χ0v) is 10.6. The van der Waals surface area contributed by atoms with E-state index in [2.05, 4.69) is 6.58 Å². The molecule has 92 valence electrons. The summed E-state index contributed by atoms with van der Waals surface area (Å²) in [7, 11) is 0. The van der Waals surface area contributed by atoms with Gasteiger partial charge in [0, 0.05) is 0 Å². The second kappa shape index (κ2) is 6.24. The van der Waals surface area contributed by atoms with Crippen molar-refractivity contribution in [2.75, 3.05) is 6.61 Å². The fourth-order valence-corrected chi connectivity index (χ4v) is 2.09. The summed E-state index contributed by atoms with van der Waals surface area (Å²) < 4.78 is 5.24. The van der Waals surface area contributed by atoms with Gasteiger partial charge in [0.1, 0.15) is 6.61 Å². The topological polar surface area (TPSA) is 26.3 Å². The maximum absolute atomic E-state index is 12.2. The van der Waals surface area contributed by atoms with Crippen molar-refractivity contribution in [3.05, 3.63) is 48.6 Å². The van der Waals surface area contributed by atoms with Crippen LogP contribution >= 0.6 is 0 Å². The van der Waals surface area contributed by atoms with Gasteiger partial charge in [-0.15, -0.1) is 0 Å². The minimum Gasteiger partial charge on any atom is -0.461 e. The van der Waals surface area contributed by atoms with Crippen molar-refractivity contribution in [1.82, 2.24) is 0 Å². The first-order valence-corrected chi connectivity index (χ1v) is 6.05. The second-order valence-electron chi connectivity index (χ2n) is 4.04. The summed E-state index contributed by atoms with van der Waals surface area (Å²) in [5.41, 5.74) is 0.503. The molecule has 0 saturated heterocycles. The van der Waals surface area contributed by atoms with E-state index in [1.807, 2.05) is 44.2 Å². The number of esters is 1. The van der Waals surface area contributed by atoms with E-state index in [0.29, 0.717) is 0 Å². The Morgan fingerprint density at radius 2 is 1.88 bits per heavy atom. The highest BCUT2D eigenvalue weighted by atomic mass is 16.5. The lowest BCUT2D eigenvalue weighted by Crippen LogP contribution is -2.36. The van der Waals surface area contributed by atoms with Crippen molar-refractivity contribution >= 4 is 5.97 Å². The van der Waals surface area contributed by atoms with Crippen LogP contribution in [0.5, 0.6) is 0 Å². The molecule has 0 aliphatic rings. The van der Waals surface area contributed by atoms with Gasteiger partial charge in [-0.2, -0.15) is 0 Å². The van der Waals surface area contributed by atoms with E-state index in [1.165, 1.54) is 0 Å². The predicted molar refractivity (Wildman–Crippen MR) is 69.9 cm³/mol. The molecule has 0 saturated carbocycles.